The number of hydrogen-bond acceptors (Lipinski definition) is 4. The molecule has 1 aliphatic heterocycles. The third-order valence-corrected chi connectivity index (χ3v) is 6.16. The van der Waals surface area contributed by atoms with E-state index in [9.17, 15) is 4.79 Å². The van der Waals surface area contributed by atoms with Crippen molar-refractivity contribution in [3.05, 3.63) is 95.8 Å². The van der Waals surface area contributed by atoms with E-state index in [0.717, 1.165) is 48.8 Å². The normalized spacial score (nSPS) is 14.5. The maximum atomic E-state index is 13.1. The van der Waals surface area contributed by atoms with Gasteiger partial charge in [-0.3, -0.25) is 4.79 Å². The number of aromatic nitrogens is 2. The van der Waals surface area contributed by atoms with E-state index in [-0.39, 0.29) is 5.91 Å². The minimum Gasteiger partial charge on any atom is -0.486 e. The van der Waals surface area contributed by atoms with Crippen LogP contribution in [0.2, 0.25) is 0 Å². The summed E-state index contributed by atoms with van der Waals surface area (Å²) in [5.74, 6) is 1.72. The number of piperazine rings is 1. The van der Waals surface area contributed by atoms with Gasteiger partial charge in [0.15, 0.2) is 0 Å². The van der Waals surface area contributed by atoms with Gasteiger partial charge in [0.2, 0.25) is 0 Å². The predicted molar refractivity (Wildman–Crippen MR) is 129 cm³/mol. The first-order valence-electron chi connectivity index (χ1n) is 11.4. The molecule has 2 heterocycles. The fraction of sp³-hybridized carbons (Fsp3) is 0.259. The van der Waals surface area contributed by atoms with E-state index in [0.29, 0.717) is 18.7 Å². The molecule has 1 aliphatic rings. The van der Waals surface area contributed by atoms with Crippen LogP contribution in [0.4, 0.5) is 0 Å². The topological polar surface area (TPSA) is 50.6 Å². The van der Waals surface area contributed by atoms with Crippen molar-refractivity contribution in [2.24, 2.45) is 0 Å². The minimum absolute atomic E-state index is 0.0738. The quantitative estimate of drug-likeness (QED) is 0.454. The van der Waals surface area contributed by atoms with Gasteiger partial charge in [0, 0.05) is 38.3 Å². The number of imidazole rings is 1. The van der Waals surface area contributed by atoms with E-state index in [1.165, 1.54) is 5.56 Å². The van der Waals surface area contributed by atoms with Crippen molar-refractivity contribution in [2.75, 3.05) is 33.2 Å². The Bertz CT molecular complexity index is 1230. The van der Waals surface area contributed by atoms with Crippen LogP contribution in [0.1, 0.15) is 21.7 Å². The van der Waals surface area contributed by atoms with Gasteiger partial charge in [0.1, 0.15) is 18.2 Å². The Morgan fingerprint density at radius 3 is 2.33 bits per heavy atom. The van der Waals surface area contributed by atoms with Gasteiger partial charge in [-0.15, -0.1) is 0 Å². The first-order chi connectivity index (χ1) is 16.2. The van der Waals surface area contributed by atoms with Gasteiger partial charge >= 0.3 is 0 Å². The molecule has 0 N–H and O–H groups in total. The molecule has 4 aromatic rings. The lowest BCUT2D eigenvalue weighted by atomic mass is 10.1. The number of fused-ring (bicyclic) bond motifs is 1. The average molecular weight is 441 g/mol. The highest BCUT2D eigenvalue weighted by Crippen LogP contribution is 2.22. The maximum absolute atomic E-state index is 13.1. The second kappa shape index (κ2) is 9.46. The number of ether oxygens (including phenoxy) is 1. The Morgan fingerprint density at radius 2 is 1.61 bits per heavy atom. The largest absolute Gasteiger partial charge is 0.486 e. The molecule has 33 heavy (non-hydrogen) atoms. The second-order valence-electron chi connectivity index (χ2n) is 8.50. The summed E-state index contributed by atoms with van der Waals surface area (Å²) in [7, 11) is 2.09. The molecule has 3 aromatic carbocycles. The first kappa shape index (κ1) is 21.2. The van der Waals surface area contributed by atoms with Crippen molar-refractivity contribution in [3.63, 3.8) is 0 Å². The minimum atomic E-state index is 0.0738. The van der Waals surface area contributed by atoms with E-state index in [1.54, 1.807) is 0 Å². The SMILES string of the molecule is CN1CCN(C(=O)c2ccc3c(c2)nc(COc2ccccc2)n3Cc2ccccc2)CC1. The van der Waals surface area contributed by atoms with Gasteiger partial charge in [-0.05, 0) is 42.9 Å². The number of carbonyl (C=O) groups excluding carboxylic acids is 1. The summed E-state index contributed by atoms with van der Waals surface area (Å²) in [6.45, 7) is 4.36. The molecule has 168 valence electrons. The van der Waals surface area contributed by atoms with Gasteiger partial charge in [-0.25, -0.2) is 4.98 Å². The Morgan fingerprint density at radius 1 is 0.909 bits per heavy atom. The molecule has 1 fully saturated rings. The molecule has 1 saturated heterocycles. The zero-order chi connectivity index (χ0) is 22.6. The zero-order valence-electron chi connectivity index (χ0n) is 18.9. The van der Waals surface area contributed by atoms with Crippen molar-refractivity contribution in [1.29, 1.82) is 0 Å². The number of rotatable bonds is 6. The smallest absolute Gasteiger partial charge is 0.254 e. The van der Waals surface area contributed by atoms with Gasteiger partial charge in [-0.2, -0.15) is 0 Å². The van der Waals surface area contributed by atoms with Gasteiger partial charge < -0.3 is 19.1 Å². The first-order valence-corrected chi connectivity index (χ1v) is 11.4. The standard InChI is InChI=1S/C27H28N4O2/c1-29-14-16-30(17-15-29)27(32)22-12-13-25-24(18-22)28-26(20-33-23-10-6-3-7-11-23)31(25)19-21-8-4-2-5-9-21/h2-13,18H,14-17,19-20H2,1H3. The van der Waals surface area contributed by atoms with Crippen molar-refractivity contribution in [1.82, 2.24) is 19.4 Å². The van der Waals surface area contributed by atoms with Gasteiger partial charge in [0.05, 0.1) is 11.0 Å². The van der Waals surface area contributed by atoms with E-state index >= 15 is 0 Å². The Kier molecular flexibility index (Phi) is 6.09. The number of likely N-dealkylation sites (N-methyl/N-ethyl adjacent to an activating group) is 1. The van der Waals surface area contributed by atoms with Crippen LogP contribution < -0.4 is 4.74 Å². The van der Waals surface area contributed by atoms with Crippen LogP contribution in [0.15, 0.2) is 78.9 Å². The van der Waals surface area contributed by atoms with Gasteiger partial charge in [0.25, 0.3) is 5.91 Å². The third-order valence-electron chi connectivity index (χ3n) is 6.16. The molecule has 1 aromatic heterocycles. The molecular formula is C27H28N4O2. The van der Waals surface area contributed by atoms with Crippen molar-refractivity contribution in [3.8, 4) is 5.75 Å². The van der Waals surface area contributed by atoms with Crippen molar-refractivity contribution in [2.45, 2.75) is 13.2 Å². The Labute approximate surface area is 194 Å². The molecular weight excluding hydrogens is 412 g/mol. The van der Waals surface area contributed by atoms with Gasteiger partial charge in [-0.1, -0.05) is 48.5 Å². The molecule has 0 radical (unpaired) electrons. The maximum Gasteiger partial charge on any atom is 0.254 e. The van der Waals surface area contributed by atoms with E-state index in [2.05, 4.69) is 28.6 Å². The number of para-hydroxylation sites is 1. The lowest BCUT2D eigenvalue weighted by Crippen LogP contribution is -2.47. The summed E-state index contributed by atoms with van der Waals surface area (Å²) >= 11 is 0. The lowest BCUT2D eigenvalue weighted by molar-refractivity contribution is 0.0664. The van der Waals surface area contributed by atoms with E-state index < -0.39 is 0 Å². The number of nitrogens with zero attached hydrogens (tertiary/aromatic N) is 4. The van der Waals surface area contributed by atoms with Crippen molar-refractivity contribution < 1.29 is 9.53 Å². The molecule has 0 unspecified atom stereocenters. The van der Waals surface area contributed by atoms with Crippen LogP contribution in [-0.4, -0.2) is 58.5 Å². The molecule has 0 spiro atoms. The summed E-state index contributed by atoms with van der Waals surface area (Å²) in [6.07, 6.45) is 0. The number of carbonyl (C=O) groups is 1. The highest BCUT2D eigenvalue weighted by molar-refractivity contribution is 5.97. The summed E-state index contributed by atoms with van der Waals surface area (Å²) in [5, 5.41) is 0. The zero-order valence-corrected chi connectivity index (χ0v) is 18.9. The number of hydrogen-bond donors (Lipinski definition) is 0. The van der Waals surface area contributed by atoms with Crippen molar-refractivity contribution >= 4 is 16.9 Å². The summed E-state index contributed by atoms with van der Waals surface area (Å²) in [6, 6.07) is 25.9. The summed E-state index contributed by atoms with van der Waals surface area (Å²) in [4.78, 5) is 22.2. The van der Waals surface area contributed by atoms with Crippen LogP contribution >= 0.6 is 0 Å². The van der Waals surface area contributed by atoms with Crippen LogP contribution in [0.25, 0.3) is 11.0 Å². The fourth-order valence-electron chi connectivity index (χ4n) is 4.22. The molecule has 0 saturated carbocycles. The number of amides is 1. The fourth-order valence-corrected chi connectivity index (χ4v) is 4.22. The lowest BCUT2D eigenvalue weighted by Gasteiger charge is -2.32. The van der Waals surface area contributed by atoms with Crippen LogP contribution in [0.5, 0.6) is 5.75 Å². The monoisotopic (exact) mass is 440 g/mol. The average Bonchev–Trinajstić information content (AvgIpc) is 3.20. The number of benzene rings is 3. The Hall–Kier alpha value is -3.64. The van der Waals surface area contributed by atoms with Crippen LogP contribution in [0.3, 0.4) is 0 Å². The van der Waals surface area contributed by atoms with E-state index in [1.807, 2.05) is 71.6 Å². The van der Waals surface area contributed by atoms with E-state index in [4.69, 9.17) is 9.72 Å². The van der Waals surface area contributed by atoms with Crippen LogP contribution in [-0.2, 0) is 13.2 Å². The molecule has 0 aliphatic carbocycles. The predicted octanol–water partition coefficient (Wildman–Crippen LogP) is 4.05. The highest BCUT2D eigenvalue weighted by Gasteiger charge is 2.21. The summed E-state index contributed by atoms with van der Waals surface area (Å²) < 4.78 is 8.20. The molecule has 6 nitrogen and oxygen atoms in total. The molecule has 0 bridgehead atoms. The molecule has 1 amide bonds. The molecule has 5 rings (SSSR count). The Balaban J connectivity index is 1.46. The van der Waals surface area contributed by atoms with Crippen LogP contribution in [0, 0.1) is 0 Å². The molecule has 0 atom stereocenters. The highest BCUT2D eigenvalue weighted by atomic mass is 16.5. The second-order valence-corrected chi connectivity index (χ2v) is 8.50. The molecule has 6 heteroatoms. The summed E-state index contributed by atoms with van der Waals surface area (Å²) in [5.41, 5.74) is 3.69. The third kappa shape index (κ3) is 4.76.